The third-order valence-electron chi connectivity index (χ3n) is 5.29. The molecule has 0 unspecified atom stereocenters. The predicted molar refractivity (Wildman–Crippen MR) is 126 cm³/mol. The van der Waals surface area contributed by atoms with Crippen molar-refractivity contribution in [2.24, 2.45) is 0 Å². The van der Waals surface area contributed by atoms with E-state index in [0.29, 0.717) is 57.1 Å². The molecule has 2 aromatic carbocycles. The van der Waals surface area contributed by atoms with Crippen LogP contribution in [0.3, 0.4) is 0 Å². The number of H-pyrrole nitrogens is 1. The van der Waals surface area contributed by atoms with Crippen LogP contribution in [0.25, 0.3) is 34.1 Å². The Morgan fingerprint density at radius 2 is 1.50 bits per heavy atom. The highest BCUT2D eigenvalue weighted by molar-refractivity contribution is 5.84. The molecule has 0 saturated heterocycles. The first-order chi connectivity index (χ1) is 16.4. The molecule has 0 fully saturated rings. The van der Waals surface area contributed by atoms with E-state index in [-0.39, 0.29) is 5.76 Å². The number of benzene rings is 2. The van der Waals surface area contributed by atoms with Gasteiger partial charge in [0.2, 0.25) is 11.2 Å². The Kier molecular flexibility index (Phi) is 6.18. The summed E-state index contributed by atoms with van der Waals surface area (Å²) < 4.78 is 27.5. The van der Waals surface area contributed by atoms with Crippen molar-refractivity contribution in [1.82, 2.24) is 9.97 Å². The van der Waals surface area contributed by atoms with Gasteiger partial charge in [0.1, 0.15) is 51.5 Å². The quantitative estimate of drug-likeness (QED) is 0.413. The molecule has 34 heavy (non-hydrogen) atoms. The van der Waals surface area contributed by atoms with Gasteiger partial charge in [0.25, 0.3) is 0 Å². The summed E-state index contributed by atoms with van der Waals surface area (Å²) in [5, 5.41) is 10.5. The number of aromatic amines is 1. The molecule has 0 aliphatic carbocycles. The lowest BCUT2D eigenvalue weighted by Gasteiger charge is -2.13. The van der Waals surface area contributed by atoms with Crippen molar-refractivity contribution >= 4 is 0 Å². The topological polar surface area (TPSA) is 116 Å². The molecule has 0 amide bonds. The molecule has 0 saturated carbocycles. The third kappa shape index (κ3) is 4.03. The average molecular weight is 464 g/mol. The van der Waals surface area contributed by atoms with Crippen LogP contribution in [0.5, 0.6) is 28.7 Å². The van der Waals surface area contributed by atoms with E-state index in [1.807, 2.05) is 12.1 Å². The van der Waals surface area contributed by atoms with E-state index < -0.39 is 11.2 Å². The van der Waals surface area contributed by atoms with Gasteiger partial charge in [-0.3, -0.25) is 4.79 Å². The van der Waals surface area contributed by atoms with Gasteiger partial charge in [-0.25, -0.2) is 4.98 Å². The maximum atomic E-state index is 12.3. The third-order valence-corrected chi connectivity index (χ3v) is 5.29. The van der Waals surface area contributed by atoms with E-state index in [4.69, 9.17) is 28.3 Å². The second-order valence-corrected chi connectivity index (χ2v) is 7.34. The summed E-state index contributed by atoms with van der Waals surface area (Å²) in [6, 6.07) is 11.8. The number of aryl methyl sites for hydroxylation is 1. The average Bonchev–Trinajstić information content (AvgIpc) is 3.29. The van der Waals surface area contributed by atoms with Crippen molar-refractivity contribution in [3.8, 4) is 62.8 Å². The van der Waals surface area contributed by atoms with Crippen LogP contribution in [0.2, 0.25) is 0 Å². The van der Waals surface area contributed by atoms with Crippen molar-refractivity contribution in [2.45, 2.75) is 6.92 Å². The Labute approximate surface area is 195 Å². The Hall–Kier alpha value is -4.40. The van der Waals surface area contributed by atoms with Gasteiger partial charge in [0, 0.05) is 23.8 Å². The minimum atomic E-state index is -0.560. The maximum Gasteiger partial charge on any atom is 0.227 e. The molecule has 4 aromatic rings. The van der Waals surface area contributed by atoms with Crippen LogP contribution in [0.15, 0.2) is 51.7 Å². The lowest BCUT2D eigenvalue weighted by molar-refractivity contribution is 0.377. The molecule has 176 valence electrons. The molecule has 4 rings (SSSR count). The lowest BCUT2D eigenvalue weighted by atomic mass is 10.1. The molecule has 9 nitrogen and oxygen atoms in total. The second kappa shape index (κ2) is 9.22. The van der Waals surface area contributed by atoms with Crippen LogP contribution < -0.4 is 24.4 Å². The van der Waals surface area contributed by atoms with E-state index in [1.165, 1.54) is 20.3 Å². The van der Waals surface area contributed by atoms with E-state index in [2.05, 4.69) is 4.98 Å². The zero-order valence-electron chi connectivity index (χ0n) is 19.4. The smallest absolute Gasteiger partial charge is 0.227 e. The van der Waals surface area contributed by atoms with E-state index in [0.717, 1.165) is 0 Å². The van der Waals surface area contributed by atoms with Gasteiger partial charge in [-0.05, 0) is 31.2 Å². The molecule has 2 heterocycles. The molecular weight excluding hydrogens is 440 g/mol. The zero-order chi connectivity index (χ0) is 24.4. The lowest BCUT2D eigenvalue weighted by Crippen LogP contribution is -2.01. The van der Waals surface area contributed by atoms with Crippen LogP contribution >= 0.6 is 0 Å². The summed E-state index contributed by atoms with van der Waals surface area (Å²) >= 11 is 0. The summed E-state index contributed by atoms with van der Waals surface area (Å²) in [4.78, 5) is 20.3. The number of hydrogen-bond acceptors (Lipinski definition) is 8. The number of ether oxygens (including phenoxy) is 4. The summed E-state index contributed by atoms with van der Waals surface area (Å²) in [5.41, 5.74) is 1.44. The molecule has 9 heteroatoms. The Morgan fingerprint density at radius 3 is 2.06 bits per heavy atom. The number of aromatic hydroxyl groups is 1. The molecule has 2 N–H and O–H groups in total. The van der Waals surface area contributed by atoms with Crippen LogP contribution in [0.1, 0.15) is 5.76 Å². The highest BCUT2D eigenvalue weighted by Gasteiger charge is 2.25. The predicted octanol–water partition coefficient (Wildman–Crippen LogP) is 4.41. The number of nitrogens with zero attached hydrogens (tertiary/aromatic N) is 1. The SMILES string of the molecule is COc1ccc(-c2nc(-c3c(OC)cc(OC)cc3OC)[nH]c2-c2oc(C)cc(=O)c2O)cc1. The van der Waals surface area contributed by atoms with E-state index in [1.54, 1.807) is 45.4 Å². The van der Waals surface area contributed by atoms with Crippen LogP contribution in [-0.4, -0.2) is 43.5 Å². The summed E-state index contributed by atoms with van der Waals surface area (Å²) in [6.07, 6.45) is 0. The fraction of sp³-hybridized carbons (Fsp3) is 0.200. The van der Waals surface area contributed by atoms with Crippen molar-refractivity contribution in [3.63, 3.8) is 0 Å². The molecular formula is C25H24N2O7. The first kappa shape index (κ1) is 22.8. The van der Waals surface area contributed by atoms with Crippen LogP contribution in [-0.2, 0) is 0 Å². The van der Waals surface area contributed by atoms with Crippen molar-refractivity contribution in [3.05, 3.63) is 58.4 Å². The van der Waals surface area contributed by atoms with Gasteiger partial charge in [0.05, 0.1) is 28.4 Å². The summed E-state index contributed by atoms with van der Waals surface area (Å²) in [6.45, 7) is 1.63. The minimum Gasteiger partial charge on any atom is -0.501 e. The highest BCUT2D eigenvalue weighted by atomic mass is 16.5. The molecule has 0 spiro atoms. The molecule has 0 atom stereocenters. The van der Waals surface area contributed by atoms with Gasteiger partial charge >= 0.3 is 0 Å². The monoisotopic (exact) mass is 464 g/mol. The summed E-state index contributed by atoms with van der Waals surface area (Å²) in [7, 11) is 6.17. The van der Waals surface area contributed by atoms with E-state index >= 15 is 0 Å². The molecule has 0 aliphatic heterocycles. The number of aromatic nitrogens is 2. The van der Waals surface area contributed by atoms with Crippen molar-refractivity contribution < 1.29 is 28.5 Å². The molecule has 0 radical (unpaired) electrons. The molecule has 0 aliphatic rings. The number of imidazole rings is 1. The van der Waals surface area contributed by atoms with Crippen molar-refractivity contribution in [2.75, 3.05) is 28.4 Å². The normalized spacial score (nSPS) is 10.7. The zero-order valence-corrected chi connectivity index (χ0v) is 19.4. The first-order valence-corrected chi connectivity index (χ1v) is 10.3. The second-order valence-electron chi connectivity index (χ2n) is 7.34. The van der Waals surface area contributed by atoms with Crippen LogP contribution in [0, 0.1) is 6.92 Å². The first-order valence-electron chi connectivity index (χ1n) is 10.3. The van der Waals surface area contributed by atoms with Gasteiger partial charge in [-0.1, -0.05) is 0 Å². The maximum absolute atomic E-state index is 12.3. The largest absolute Gasteiger partial charge is 0.501 e. The van der Waals surface area contributed by atoms with Gasteiger partial charge in [-0.2, -0.15) is 0 Å². The summed E-state index contributed by atoms with van der Waals surface area (Å²) in [5.74, 6) is 2.28. The Morgan fingerprint density at radius 1 is 0.882 bits per heavy atom. The number of nitrogens with one attached hydrogen (secondary N) is 1. The highest BCUT2D eigenvalue weighted by Crippen LogP contribution is 2.44. The molecule has 2 aromatic heterocycles. The van der Waals surface area contributed by atoms with Gasteiger partial charge in [0.15, 0.2) is 5.76 Å². The fourth-order valence-electron chi connectivity index (χ4n) is 3.63. The van der Waals surface area contributed by atoms with Gasteiger partial charge < -0.3 is 33.5 Å². The van der Waals surface area contributed by atoms with Crippen LogP contribution in [0.4, 0.5) is 0 Å². The minimum absolute atomic E-state index is 0.0268. The van der Waals surface area contributed by atoms with E-state index in [9.17, 15) is 9.90 Å². The number of hydrogen-bond donors (Lipinski definition) is 2. The fourth-order valence-corrected chi connectivity index (χ4v) is 3.63. The van der Waals surface area contributed by atoms with Gasteiger partial charge in [-0.15, -0.1) is 0 Å². The van der Waals surface area contributed by atoms with Crippen molar-refractivity contribution in [1.29, 1.82) is 0 Å². The Bertz CT molecular complexity index is 1360. The Balaban J connectivity index is 2.02. The standard InChI is InChI=1S/C25H24N2O7/c1-13-10-17(28)23(29)24(34-13)22-21(14-6-8-15(30-2)9-7-14)26-25(27-22)20-18(32-4)11-16(31-3)12-19(20)33-5/h6-12,29H,1-5H3,(H,26,27). The number of rotatable bonds is 7. The molecule has 0 bridgehead atoms. The number of methoxy groups -OCH3 is 4.